The number of hydrogen-bond donors (Lipinski definition) is 1. The van der Waals surface area contributed by atoms with Gasteiger partial charge in [-0.25, -0.2) is 0 Å². The zero-order chi connectivity index (χ0) is 19.1. The second-order valence-electron chi connectivity index (χ2n) is 7.43. The van der Waals surface area contributed by atoms with Gasteiger partial charge in [0, 0.05) is 38.8 Å². The van der Waals surface area contributed by atoms with Crippen molar-refractivity contribution in [1.82, 2.24) is 9.80 Å². The summed E-state index contributed by atoms with van der Waals surface area (Å²) in [5, 5.41) is 10.0. The van der Waals surface area contributed by atoms with E-state index in [0.29, 0.717) is 28.5 Å². The molecule has 26 heavy (non-hydrogen) atoms. The quantitative estimate of drug-likeness (QED) is 0.707. The topological polar surface area (TPSA) is 45.2 Å². The minimum atomic E-state index is 0.235. The second kappa shape index (κ2) is 10.4. The van der Waals surface area contributed by atoms with Crippen LogP contribution in [0.3, 0.4) is 0 Å². The van der Waals surface area contributed by atoms with Gasteiger partial charge in [-0.05, 0) is 43.0 Å². The van der Waals surface area contributed by atoms with Crippen molar-refractivity contribution >= 4 is 11.6 Å². The maximum atomic E-state index is 9.46. The lowest BCUT2D eigenvalue weighted by Gasteiger charge is -2.41. The molecule has 148 valence electrons. The van der Waals surface area contributed by atoms with Crippen LogP contribution in [0.25, 0.3) is 0 Å². The lowest BCUT2D eigenvalue weighted by molar-refractivity contribution is 0.0523. The number of benzene rings is 1. The highest BCUT2D eigenvalue weighted by Crippen LogP contribution is 2.36. The average Bonchev–Trinajstić information content (AvgIpc) is 2.60. The minimum Gasteiger partial charge on any atom is -0.493 e. The number of rotatable bonds is 9. The van der Waals surface area contributed by atoms with Gasteiger partial charge in [-0.1, -0.05) is 25.4 Å². The summed E-state index contributed by atoms with van der Waals surface area (Å²) in [7, 11) is 3.22. The lowest BCUT2D eigenvalue weighted by Crippen LogP contribution is -2.53. The van der Waals surface area contributed by atoms with Gasteiger partial charge in [0.2, 0.25) is 0 Å². The number of aliphatic hydroxyl groups is 1. The van der Waals surface area contributed by atoms with E-state index in [2.05, 4.69) is 23.6 Å². The summed E-state index contributed by atoms with van der Waals surface area (Å²) in [5.74, 6) is 1.95. The number of piperazine rings is 1. The van der Waals surface area contributed by atoms with E-state index >= 15 is 0 Å². The number of halogens is 1. The molecule has 5 nitrogen and oxygen atoms in total. The molecule has 1 atom stereocenters. The van der Waals surface area contributed by atoms with Gasteiger partial charge < -0.3 is 14.6 Å². The third-order valence-electron chi connectivity index (χ3n) is 5.04. The molecule has 0 aliphatic carbocycles. The van der Waals surface area contributed by atoms with Crippen molar-refractivity contribution in [2.75, 3.05) is 47.0 Å². The Bertz CT molecular complexity index is 568. The number of ether oxygens (including phenoxy) is 2. The van der Waals surface area contributed by atoms with Crippen LogP contribution in [0.1, 0.15) is 32.3 Å². The predicted octanol–water partition coefficient (Wildman–Crippen LogP) is 3.27. The lowest BCUT2D eigenvalue weighted by atomic mass is 10.0. The Hall–Kier alpha value is -1.01. The van der Waals surface area contributed by atoms with Crippen LogP contribution in [0.15, 0.2) is 12.1 Å². The first-order valence-electron chi connectivity index (χ1n) is 9.46. The summed E-state index contributed by atoms with van der Waals surface area (Å²) in [5.41, 5.74) is 1.12. The summed E-state index contributed by atoms with van der Waals surface area (Å²) in [6.07, 6.45) is 2.02. The van der Waals surface area contributed by atoms with Crippen LogP contribution in [-0.2, 0) is 6.54 Å². The molecule has 1 N–H and O–H groups in total. The smallest absolute Gasteiger partial charge is 0.179 e. The van der Waals surface area contributed by atoms with Gasteiger partial charge in [0.15, 0.2) is 11.5 Å². The molecular formula is C20H33ClN2O3. The molecule has 2 rings (SSSR count). The molecule has 0 amide bonds. The van der Waals surface area contributed by atoms with Crippen molar-refractivity contribution in [3.8, 4) is 11.5 Å². The van der Waals surface area contributed by atoms with Crippen LogP contribution in [0.5, 0.6) is 11.5 Å². The fourth-order valence-electron chi connectivity index (χ4n) is 3.56. The molecule has 0 radical (unpaired) electrons. The van der Waals surface area contributed by atoms with E-state index in [4.69, 9.17) is 21.1 Å². The third kappa shape index (κ3) is 5.74. The molecule has 1 aromatic carbocycles. The summed E-state index contributed by atoms with van der Waals surface area (Å²) in [6, 6.07) is 4.36. The summed E-state index contributed by atoms with van der Waals surface area (Å²) in [6.45, 7) is 9.71. The minimum absolute atomic E-state index is 0.235. The van der Waals surface area contributed by atoms with Gasteiger partial charge in [-0.2, -0.15) is 0 Å². The zero-order valence-electron chi connectivity index (χ0n) is 16.5. The maximum absolute atomic E-state index is 9.46. The van der Waals surface area contributed by atoms with Gasteiger partial charge in [-0.3, -0.25) is 9.80 Å². The maximum Gasteiger partial charge on any atom is 0.179 e. The normalized spacial score (nSPS) is 19.1. The number of nitrogens with zero attached hydrogens (tertiary/aromatic N) is 2. The van der Waals surface area contributed by atoms with Gasteiger partial charge in [0.1, 0.15) is 0 Å². The van der Waals surface area contributed by atoms with Crippen LogP contribution >= 0.6 is 11.6 Å². The van der Waals surface area contributed by atoms with Crippen LogP contribution < -0.4 is 9.47 Å². The average molecular weight is 385 g/mol. The molecule has 1 saturated heterocycles. The molecule has 1 aliphatic rings. The fourth-order valence-corrected chi connectivity index (χ4v) is 3.87. The van der Waals surface area contributed by atoms with Crippen molar-refractivity contribution in [2.24, 2.45) is 5.92 Å². The molecule has 0 spiro atoms. The van der Waals surface area contributed by atoms with Gasteiger partial charge in [0.25, 0.3) is 0 Å². The van der Waals surface area contributed by atoms with Crippen LogP contribution in [0.4, 0.5) is 0 Å². The molecule has 1 aromatic rings. The standard InChI is InChI=1S/C20H33ClN2O3/c1-15(2)5-7-23-9-8-22(14-17(23)6-10-24)13-16-11-18(21)20(26-4)19(12-16)25-3/h11-12,15,17,24H,5-10,13-14H2,1-4H3. The van der Waals surface area contributed by atoms with E-state index in [0.717, 1.165) is 44.7 Å². The molecule has 0 saturated carbocycles. The molecule has 0 bridgehead atoms. The SMILES string of the molecule is COc1cc(CN2CCN(CCC(C)C)C(CCO)C2)cc(Cl)c1OC. The molecular weight excluding hydrogens is 352 g/mol. The Morgan fingerprint density at radius 2 is 2.00 bits per heavy atom. The molecule has 1 heterocycles. The molecule has 1 aliphatic heterocycles. The molecule has 6 heteroatoms. The Labute approximate surface area is 162 Å². The van der Waals surface area contributed by atoms with E-state index in [1.807, 2.05) is 12.1 Å². The van der Waals surface area contributed by atoms with Crippen molar-refractivity contribution < 1.29 is 14.6 Å². The first-order valence-corrected chi connectivity index (χ1v) is 9.83. The second-order valence-corrected chi connectivity index (χ2v) is 7.84. The first-order chi connectivity index (χ1) is 12.5. The van der Waals surface area contributed by atoms with Crippen LogP contribution in [0, 0.1) is 5.92 Å². The van der Waals surface area contributed by atoms with Crippen molar-refractivity contribution in [3.05, 3.63) is 22.7 Å². The van der Waals surface area contributed by atoms with Gasteiger partial charge in [0.05, 0.1) is 19.2 Å². The molecule has 1 unspecified atom stereocenters. The third-order valence-corrected chi connectivity index (χ3v) is 5.33. The van der Waals surface area contributed by atoms with Crippen molar-refractivity contribution in [3.63, 3.8) is 0 Å². The molecule has 0 aromatic heterocycles. The largest absolute Gasteiger partial charge is 0.493 e. The van der Waals surface area contributed by atoms with Crippen molar-refractivity contribution in [2.45, 2.75) is 39.3 Å². The van der Waals surface area contributed by atoms with Crippen molar-refractivity contribution in [1.29, 1.82) is 0 Å². The van der Waals surface area contributed by atoms with E-state index in [1.54, 1.807) is 14.2 Å². The van der Waals surface area contributed by atoms with E-state index in [9.17, 15) is 5.11 Å². The number of hydrogen-bond acceptors (Lipinski definition) is 5. The predicted molar refractivity (Wildman–Crippen MR) is 106 cm³/mol. The van der Waals surface area contributed by atoms with E-state index < -0.39 is 0 Å². The monoisotopic (exact) mass is 384 g/mol. The highest BCUT2D eigenvalue weighted by molar-refractivity contribution is 6.32. The summed E-state index contributed by atoms with van der Waals surface area (Å²) >= 11 is 6.34. The van der Waals surface area contributed by atoms with Gasteiger partial charge in [-0.15, -0.1) is 0 Å². The Kier molecular flexibility index (Phi) is 8.48. The highest BCUT2D eigenvalue weighted by Gasteiger charge is 2.26. The fraction of sp³-hybridized carbons (Fsp3) is 0.700. The van der Waals surface area contributed by atoms with E-state index in [1.165, 1.54) is 6.42 Å². The summed E-state index contributed by atoms with van der Waals surface area (Å²) < 4.78 is 10.7. The number of aliphatic hydroxyl groups excluding tert-OH is 1. The summed E-state index contributed by atoms with van der Waals surface area (Å²) in [4.78, 5) is 4.97. The Balaban J connectivity index is 2.03. The van der Waals surface area contributed by atoms with Crippen LogP contribution in [0.2, 0.25) is 5.02 Å². The first kappa shape index (κ1) is 21.3. The Morgan fingerprint density at radius 3 is 2.62 bits per heavy atom. The zero-order valence-corrected chi connectivity index (χ0v) is 17.3. The molecule has 1 fully saturated rings. The highest BCUT2D eigenvalue weighted by atomic mass is 35.5. The van der Waals surface area contributed by atoms with Gasteiger partial charge >= 0.3 is 0 Å². The Morgan fingerprint density at radius 1 is 1.23 bits per heavy atom. The number of methoxy groups -OCH3 is 2. The van der Waals surface area contributed by atoms with Crippen LogP contribution in [-0.4, -0.2) is 68.0 Å². The van der Waals surface area contributed by atoms with E-state index in [-0.39, 0.29) is 6.61 Å².